The Labute approximate surface area is 203 Å². The van der Waals surface area contributed by atoms with E-state index in [1.54, 1.807) is 30.9 Å². The highest BCUT2D eigenvalue weighted by Crippen LogP contribution is 2.30. The Morgan fingerprint density at radius 3 is 2.80 bits per heavy atom. The number of aromatic nitrogens is 4. The monoisotopic (exact) mass is 495 g/mol. The Kier molecular flexibility index (Phi) is 6.27. The second-order valence-corrected chi connectivity index (χ2v) is 9.11. The van der Waals surface area contributed by atoms with Gasteiger partial charge in [0.15, 0.2) is 5.13 Å². The Morgan fingerprint density at radius 2 is 2.00 bits per heavy atom. The third kappa shape index (κ3) is 4.92. The average Bonchev–Trinajstić information content (AvgIpc) is 3.60. The van der Waals surface area contributed by atoms with E-state index in [4.69, 9.17) is 0 Å². The van der Waals surface area contributed by atoms with Gasteiger partial charge in [-0.25, -0.2) is 24.1 Å². The number of imidazole rings is 1. The van der Waals surface area contributed by atoms with Gasteiger partial charge in [-0.2, -0.15) is 0 Å². The number of hydrogen-bond donors (Lipinski definition) is 3. The van der Waals surface area contributed by atoms with E-state index in [1.807, 2.05) is 10.6 Å². The molecule has 35 heavy (non-hydrogen) atoms. The van der Waals surface area contributed by atoms with Crippen molar-refractivity contribution in [2.24, 2.45) is 0 Å². The molecule has 1 fully saturated rings. The molecule has 3 N–H and O–H groups in total. The molecule has 0 radical (unpaired) electrons. The lowest BCUT2D eigenvalue weighted by molar-refractivity contribution is -0.125. The third-order valence-electron chi connectivity index (χ3n) is 5.83. The number of fused-ring (bicyclic) bond motifs is 1. The van der Waals surface area contributed by atoms with Crippen LogP contribution < -0.4 is 10.6 Å². The summed E-state index contributed by atoms with van der Waals surface area (Å²) in [5, 5.41) is 15.9. The Bertz CT molecular complexity index is 1370. The molecule has 1 aromatic carbocycles. The lowest BCUT2D eigenvalue weighted by atomic mass is 10.2. The van der Waals surface area contributed by atoms with E-state index in [0.717, 1.165) is 16.0 Å². The lowest BCUT2D eigenvalue weighted by Crippen LogP contribution is -2.46. The Balaban J connectivity index is 1.23. The molecular formula is C23H22FN7O3S. The number of nitrogens with zero attached hydrogens (tertiary/aromatic N) is 5. The minimum Gasteiger partial charge on any atom is -0.465 e. The van der Waals surface area contributed by atoms with Gasteiger partial charge in [0, 0.05) is 31.9 Å². The van der Waals surface area contributed by atoms with Crippen LogP contribution in [-0.2, 0) is 11.3 Å². The number of carbonyl (C=O) groups excluding carboxylic acids is 1. The van der Waals surface area contributed by atoms with Gasteiger partial charge in [-0.05, 0) is 30.5 Å². The standard InChI is InChI=1S/C23H22FN7O3S/c24-15-5-3-14(4-6-15)19-12-27-22(35-19)29-20-10-18-16(11-26-20)28-13-30(18)9-7-25-21(32)17-2-1-8-31(17)23(33)34/h3-6,10-13,17H,1-2,7-9H2,(H,25,32)(H,33,34)(H,26,27,29)/t17-/m0/s1. The quantitative estimate of drug-likeness (QED) is 0.357. The van der Waals surface area contributed by atoms with Crippen molar-refractivity contribution in [3.05, 3.63) is 54.9 Å². The second kappa shape index (κ2) is 9.66. The van der Waals surface area contributed by atoms with Crippen LogP contribution in [0.4, 0.5) is 20.1 Å². The van der Waals surface area contributed by atoms with E-state index in [-0.39, 0.29) is 11.7 Å². The van der Waals surface area contributed by atoms with Crippen LogP contribution >= 0.6 is 11.3 Å². The zero-order chi connectivity index (χ0) is 24.4. The number of carboxylic acid groups (broad SMARTS) is 1. The number of thiazole rings is 1. The molecule has 2 amide bonds. The lowest BCUT2D eigenvalue weighted by Gasteiger charge is -2.20. The summed E-state index contributed by atoms with van der Waals surface area (Å²) in [6.07, 6.45) is 5.21. The van der Waals surface area contributed by atoms with Crippen molar-refractivity contribution in [2.75, 3.05) is 18.4 Å². The van der Waals surface area contributed by atoms with Crippen LogP contribution in [0.1, 0.15) is 12.8 Å². The van der Waals surface area contributed by atoms with Gasteiger partial charge in [0.05, 0.1) is 22.9 Å². The number of halogens is 1. The molecule has 4 heterocycles. The second-order valence-electron chi connectivity index (χ2n) is 8.08. The molecule has 1 saturated heterocycles. The summed E-state index contributed by atoms with van der Waals surface area (Å²) in [6, 6.07) is 7.46. The summed E-state index contributed by atoms with van der Waals surface area (Å²) in [7, 11) is 0. The van der Waals surface area contributed by atoms with Gasteiger partial charge in [-0.3, -0.25) is 9.69 Å². The number of pyridine rings is 1. The molecule has 0 unspecified atom stereocenters. The maximum atomic E-state index is 13.2. The predicted molar refractivity (Wildman–Crippen MR) is 129 cm³/mol. The molecule has 1 aliphatic rings. The number of nitrogens with one attached hydrogen (secondary N) is 2. The molecular weight excluding hydrogens is 473 g/mol. The van der Waals surface area contributed by atoms with Gasteiger partial charge in [-0.1, -0.05) is 23.5 Å². The zero-order valence-electron chi connectivity index (χ0n) is 18.5. The number of rotatable bonds is 7. The maximum Gasteiger partial charge on any atom is 0.407 e. The van der Waals surface area contributed by atoms with E-state index < -0.39 is 12.1 Å². The molecule has 0 bridgehead atoms. The maximum absolute atomic E-state index is 13.2. The highest BCUT2D eigenvalue weighted by Gasteiger charge is 2.33. The van der Waals surface area contributed by atoms with Crippen LogP contribution in [0.2, 0.25) is 0 Å². The number of anilines is 2. The Morgan fingerprint density at radius 1 is 1.17 bits per heavy atom. The first-order chi connectivity index (χ1) is 17.0. The van der Waals surface area contributed by atoms with Crippen molar-refractivity contribution < 1.29 is 19.1 Å². The molecule has 3 aromatic heterocycles. The summed E-state index contributed by atoms with van der Waals surface area (Å²) in [5.74, 6) is 0.0245. The van der Waals surface area contributed by atoms with Gasteiger partial charge in [0.25, 0.3) is 0 Å². The molecule has 1 atom stereocenters. The summed E-state index contributed by atoms with van der Waals surface area (Å²) >= 11 is 1.43. The van der Waals surface area contributed by atoms with Crippen molar-refractivity contribution in [2.45, 2.75) is 25.4 Å². The smallest absolute Gasteiger partial charge is 0.407 e. The number of benzene rings is 1. The van der Waals surface area contributed by atoms with Gasteiger partial charge < -0.3 is 20.3 Å². The molecule has 12 heteroatoms. The molecule has 5 rings (SSSR count). The van der Waals surface area contributed by atoms with Crippen LogP contribution in [0.3, 0.4) is 0 Å². The van der Waals surface area contributed by atoms with Crippen molar-refractivity contribution in [1.29, 1.82) is 0 Å². The molecule has 0 aliphatic carbocycles. The number of carbonyl (C=O) groups is 2. The molecule has 0 saturated carbocycles. The van der Waals surface area contributed by atoms with Crippen LogP contribution in [0.25, 0.3) is 21.5 Å². The summed E-state index contributed by atoms with van der Waals surface area (Å²) in [5.41, 5.74) is 2.42. The molecule has 180 valence electrons. The topological polar surface area (TPSA) is 125 Å². The van der Waals surface area contributed by atoms with Crippen LogP contribution in [-0.4, -0.2) is 60.7 Å². The van der Waals surface area contributed by atoms with Crippen molar-refractivity contribution in [1.82, 2.24) is 29.7 Å². The fourth-order valence-electron chi connectivity index (χ4n) is 4.08. The van der Waals surface area contributed by atoms with Gasteiger partial charge in [0.1, 0.15) is 23.2 Å². The first kappa shape index (κ1) is 22.7. The number of likely N-dealkylation sites (tertiary alicyclic amines) is 1. The summed E-state index contributed by atoms with van der Waals surface area (Å²) in [6.45, 7) is 1.19. The third-order valence-corrected chi connectivity index (χ3v) is 6.79. The molecule has 1 aliphatic heterocycles. The van der Waals surface area contributed by atoms with E-state index in [0.29, 0.717) is 48.9 Å². The molecule has 10 nitrogen and oxygen atoms in total. The minimum atomic E-state index is -1.07. The fraction of sp³-hybridized carbons (Fsp3) is 0.261. The molecule has 0 spiro atoms. The first-order valence-corrected chi connectivity index (χ1v) is 11.9. The zero-order valence-corrected chi connectivity index (χ0v) is 19.3. The summed E-state index contributed by atoms with van der Waals surface area (Å²) < 4.78 is 15.1. The van der Waals surface area contributed by atoms with E-state index >= 15 is 0 Å². The van der Waals surface area contributed by atoms with Gasteiger partial charge in [0.2, 0.25) is 5.91 Å². The van der Waals surface area contributed by atoms with Crippen molar-refractivity contribution in [3.63, 3.8) is 0 Å². The minimum absolute atomic E-state index is 0.279. The normalized spacial score (nSPS) is 15.5. The van der Waals surface area contributed by atoms with Gasteiger partial charge >= 0.3 is 6.09 Å². The van der Waals surface area contributed by atoms with Gasteiger partial charge in [-0.15, -0.1) is 0 Å². The SMILES string of the molecule is O=C(NCCn1cnc2cnc(Nc3ncc(-c4ccc(F)cc4)s3)cc21)[C@@H]1CCCN1C(=O)O. The van der Waals surface area contributed by atoms with E-state index in [9.17, 15) is 19.1 Å². The van der Waals surface area contributed by atoms with Crippen LogP contribution in [0, 0.1) is 5.82 Å². The van der Waals surface area contributed by atoms with Crippen molar-refractivity contribution >= 4 is 45.3 Å². The van der Waals surface area contributed by atoms with Crippen LogP contribution in [0.15, 0.2) is 49.1 Å². The van der Waals surface area contributed by atoms with Crippen LogP contribution in [0.5, 0.6) is 0 Å². The summed E-state index contributed by atoms with van der Waals surface area (Å²) in [4.78, 5) is 38.9. The molecule has 4 aromatic rings. The number of hydrogen-bond acceptors (Lipinski definition) is 7. The highest BCUT2D eigenvalue weighted by atomic mass is 32.1. The average molecular weight is 496 g/mol. The van der Waals surface area contributed by atoms with E-state index in [2.05, 4.69) is 25.6 Å². The fourth-order valence-corrected chi connectivity index (χ4v) is 4.91. The predicted octanol–water partition coefficient (Wildman–Crippen LogP) is 3.70. The highest BCUT2D eigenvalue weighted by molar-refractivity contribution is 7.18. The first-order valence-electron chi connectivity index (χ1n) is 11.0. The van der Waals surface area contributed by atoms with E-state index in [1.165, 1.54) is 28.4 Å². The number of amides is 2. The Hall–Kier alpha value is -4.06. The van der Waals surface area contributed by atoms with Crippen molar-refractivity contribution in [3.8, 4) is 10.4 Å². The largest absolute Gasteiger partial charge is 0.465 e.